The first-order valence-corrected chi connectivity index (χ1v) is 11.5. The number of carbonyl (C=O) groups excluding carboxylic acids is 1. The molecule has 0 N–H and O–H groups in total. The molecule has 5 rings (SSSR count). The summed E-state index contributed by atoms with van der Waals surface area (Å²) < 4.78 is 46.4. The molecule has 4 heterocycles. The number of likely N-dealkylation sites (N-methyl/N-ethyl adjacent to an activating group) is 1. The number of aromatic nitrogens is 4. The predicted octanol–water partition coefficient (Wildman–Crippen LogP) is 4.23. The normalized spacial score (nSPS) is 14.6. The number of pyridine rings is 1. The molecule has 0 spiro atoms. The van der Waals surface area contributed by atoms with E-state index in [1.165, 1.54) is 17.0 Å². The topological polar surface area (TPSA) is 83.0 Å². The summed E-state index contributed by atoms with van der Waals surface area (Å²) >= 11 is 0. The summed E-state index contributed by atoms with van der Waals surface area (Å²) in [4.78, 5) is 23.6. The van der Waals surface area contributed by atoms with Crippen LogP contribution in [0.5, 0.6) is 0 Å². The third-order valence-electron chi connectivity index (χ3n) is 6.15. The van der Waals surface area contributed by atoms with E-state index < -0.39 is 18.1 Å². The predicted molar refractivity (Wildman–Crippen MR) is 125 cm³/mol. The maximum Gasteiger partial charge on any atom is 0.324 e. The van der Waals surface area contributed by atoms with E-state index >= 15 is 0 Å². The van der Waals surface area contributed by atoms with Crippen molar-refractivity contribution in [2.45, 2.75) is 19.9 Å². The maximum atomic E-state index is 14.0. The molecule has 9 nitrogen and oxygen atoms in total. The van der Waals surface area contributed by atoms with Crippen molar-refractivity contribution < 1.29 is 22.4 Å². The number of imidazole rings is 1. The molecular weight excluding hydrogens is 475 g/mol. The summed E-state index contributed by atoms with van der Waals surface area (Å²) in [5.74, 6) is -1.23. The number of amides is 2. The number of anilines is 1. The van der Waals surface area contributed by atoms with Crippen molar-refractivity contribution in [3.63, 3.8) is 0 Å². The first-order chi connectivity index (χ1) is 17.4. The smallest absolute Gasteiger partial charge is 0.324 e. The fourth-order valence-corrected chi connectivity index (χ4v) is 4.18. The quantitative estimate of drug-likeness (QED) is 0.395. The van der Waals surface area contributed by atoms with E-state index in [9.17, 15) is 18.0 Å². The molecule has 1 aliphatic rings. The van der Waals surface area contributed by atoms with Gasteiger partial charge in [0, 0.05) is 49.8 Å². The monoisotopic (exact) mass is 499 g/mol. The van der Waals surface area contributed by atoms with Crippen molar-refractivity contribution >= 4 is 17.4 Å². The summed E-state index contributed by atoms with van der Waals surface area (Å²) in [6, 6.07) is 8.95. The lowest BCUT2D eigenvalue weighted by atomic mass is 10.2. The number of urea groups is 1. The fourth-order valence-electron chi connectivity index (χ4n) is 4.18. The van der Waals surface area contributed by atoms with Crippen LogP contribution in [0.15, 0.2) is 53.2 Å². The van der Waals surface area contributed by atoms with Crippen molar-refractivity contribution in [3.8, 4) is 11.5 Å². The number of fused-ring (bicyclic) bond motifs is 1. The van der Waals surface area contributed by atoms with Gasteiger partial charge in [0.1, 0.15) is 11.5 Å². The molecule has 0 atom stereocenters. The minimum Gasteiger partial charge on any atom is -0.415 e. The molecule has 188 valence electrons. The lowest BCUT2D eigenvalue weighted by molar-refractivity contribution is 0.116. The number of rotatable bonds is 6. The average molecular weight is 499 g/mol. The maximum absolute atomic E-state index is 14.0. The van der Waals surface area contributed by atoms with Crippen LogP contribution < -0.4 is 4.90 Å². The lowest BCUT2D eigenvalue weighted by Crippen LogP contribution is -2.52. The molecule has 12 heteroatoms. The number of hydrogen-bond donors (Lipinski definition) is 0. The first-order valence-electron chi connectivity index (χ1n) is 11.5. The number of piperazine rings is 1. The van der Waals surface area contributed by atoms with Gasteiger partial charge in [-0.05, 0) is 36.9 Å². The Balaban J connectivity index is 1.42. The number of carbonyl (C=O) groups is 1. The Kier molecular flexibility index (Phi) is 6.59. The molecular formula is C24H24F3N7O2. The van der Waals surface area contributed by atoms with Crippen molar-refractivity contribution in [2.24, 2.45) is 0 Å². The van der Waals surface area contributed by atoms with Gasteiger partial charge in [0.15, 0.2) is 0 Å². The Hall–Kier alpha value is -3.93. The molecule has 0 bridgehead atoms. The molecule has 0 aliphatic carbocycles. The molecule has 3 aromatic heterocycles. The van der Waals surface area contributed by atoms with Crippen molar-refractivity contribution in [2.75, 3.05) is 37.6 Å². The Labute approximate surface area is 204 Å². The van der Waals surface area contributed by atoms with E-state index in [0.29, 0.717) is 35.7 Å². The van der Waals surface area contributed by atoms with Crippen LogP contribution in [0, 0.1) is 5.82 Å². The number of hydrogen-bond acceptors (Lipinski definition) is 6. The highest BCUT2D eigenvalue weighted by molar-refractivity contribution is 5.92. The summed E-state index contributed by atoms with van der Waals surface area (Å²) in [5, 5.41) is 7.03. The van der Waals surface area contributed by atoms with Crippen LogP contribution in [0.4, 0.5) is 23.7 Å². The van der Waals surface area contributed by atoms with Gasteiger partial charge in [0.25, 0.3) is 5.89 Å². The Bertz CT molecular complexity index is 1360. The van der Waals surface area contributed by atoms with Gasteiger partial charge in [-0.2, -0.15) is 8.78 Å². The van der Waals surface area contributed by atoms with E-state index in [-0.39, 0.29) is 18.5 Å². The number of nitrogens with zero attached hydrogens (tertiary/aromatic N) is 7. The molecule has 2 amide bonds. The van der Waals surface area contributed by atoms with Crippen LogP contribution in [0.25, 0.3) is 17.1 Å². The minimum absolute atomic E-state index is 0.0415. The fraction of sp³-hybridized carbons (Fsp3) is 0.333. The number of alkyl halides is 2. The van der Waals surface area contributed by atoms with Crippen molar-refractivity contribution in [1.29, 1.82) is 0 Å². The Morgan fingerprint density at radius 2 is 1.94 bits per heavy atom. The van der Waals surface area contributed by atoms with Crippen LogP contribution in [0.2, 0.25) is 0 Å². The Morgan fingerprint density at radius 3 is 2.64 bits per heavy atom. The highest BCUT2D eigenvalue weighted by Gasteiger charge is 2.27. The number of halogens is 3. The molecule has 36 heavy (non-hydrogen) atoms. The van der Waals surface area contributed by atoms with Gasteiger partial charge in [0.05, 0.1) is 12.2 Å². The van der Waals surface area contributed by atoms with Gasteiger partial charge >= 0.3 is 12.5 Å². The van der Waals surface area contributed by atoms with Gasteiger partial charge in [-0.1, -0.05) is 13.0 Å². The second-order valence-corrected chi connectivity index (χ2v) is 8.43. The largest absolute Gasteiger partial charge is 0.415 e. The molecule has 1 aromatic carbocycles. The third-order valence-corrected chi connectivity index (χ3v) is 6.15. The number of benzene rings is 1. The molecule has 1 fully saturated rings. The zero-order chi connectivity index (χ0) is 25.2. The SMILES string of the molecule is CCN1CCN(C(=O)N(Cc2cn3ccc(-c4nnc(C(F)F)o4)cc3n2)c2cccc(F)c2)CC1. The second-order valence-electron chi connectivity index (χ2n) is 8.43. The van der Waals surface area contributed by atoms with Crippen LogP contribution in [-0.2, 0) is 6.54 Å². The summed E-state index contributed by atoms with van der Waals surface area (Å²) in [6.45, 7) is 5.84. The van der Waals surface area contributed by atoms with E-state index in [2.05, 4.69) is 27.0 Å². The average Bonchev–Trinajstić information content (AvgIpc) is 3.54. The standard InChI is InChI=1S/C24H24F3N7O2/c1-2-31-8-10-32(11-9-31)24(35)34(19-5-3-4-17(25)13-19)15-18-14-33-7-6-16(12-20(33)28-18)22-29-30-23(36-22)21(26)27/h3-7,12-14,21H,2,8-11,15H2,1H3. The van der Waals surface area contributed by atoms with Gasteiger partial charge in [-0.25, -0.2) is 14.2 Å². The molecule has 0 unspecified atom stereocenters. The first kappa shape index (κ1) is 23.8. The summed E-state index contributed by atoms with van der Waals surface area (Å²) in [7, 11) is 0. The minimum atomic E-state index is -2.86. The molecule has 1 aliphatic heterocycles. The summed E-state index contributed by atoms with van der Waals surface area (Å²) in [6.07, 6.45) is 0.585. The van der Waals surface area contributed by atoms with Crippen LogP contribution in [-0.4, -0.2) is 68.1 Å². The second kappa shape index (κ2) is 9.97. The molecule has 1 saturated heterocycles. The summed E-state index contributed by atoms with van der Waals surface area (Å²) in [5.41, 5.74) is 1.94. The van der Waals surface area contributed by atoms with Gasteiger partial charge < -0.3 is 18.6 Å². The highest BCUT2D eigenvalue weighted by atomic mass is 19.3. The van der Waals surface area contributed by atoms with Crippen LogP contribution >= 0.6 is 0 Å². The Morgan fingerprint density at radius 1 is 1.14 bits per heavy atom. The molecule has 0 radical (unpaired) electrons. The van der Waals surface area contributed by atoms with Gasteiger partial charge in [-0.15, -0.1) is 10.2 Å². The van der Waals surface area contributed by atoms with Gasteiger partial charge in [0.2, 0.25) is 5.89 Å². The molecule has 0 saturated carbocycles. The van der Waals surface area contributed by atoms with E-state index in [4.69, 9.17) is 4.42 Å². The van der Waals surface area contributed by atoms with E-state index in [0.717, 1.165) is 19.6 Å². The lowest BCUT2D eigenvalue weighted by Gasteiger charge is -2.37. The highest BCUT2D eigenvalue weighted by Crippen LogP contribution is 2.25. The van der Waals surface area contributed by atoms with E-state index in [1.807, 2.05) is 0 Å². The third kappa shape index (κ3) is 4.89. The van der Waals surface area contributed by atoms with Gasteiger partial charge in [-0.3, -0.25) is 4.90 Å². The van der Waals surface area contributed by atoms with E-state index in [1.54, 1.807) is 46.0 Å². The zero-order valence-electron chi connectivity index (χ0n) is 19.5. The zero-order valence-corrected chi connectivity index (χ0v) is 19.5. The van der Waals surface area contributed by atoms with Crippen LogP contribution in [0.1, 0.15) is 24.9 Å². The molecule has 4 aromatic rings. The van der Waals surface area contributed by atoms with Crippen molar-refractivity contribution in [1.82, 2.24) is 29.4 Å². The van der Waals surface area contributed by atoms with Crippen molar-refractivity contribution in [3.05, 3.63) is 66.2 Å². The van der Waals surface area contributed by atoms with Crippen LogP contribution in [0.3, 0.4) is 0 Å².